The maximum atomic E-state index is 5.79. The van der Waals surface area contributed by atoms with Crippen LogP contribution in [0.4, 0.5) is 5.69 Å². The molecule has 0 radical (unpaired) electrons. The summed E-state index contributed by atoms with van der Waals surface area (Å²) in [5.41, 5.74) is 2.60. The van der Waals surface area contributed by atoms with E-state index < -0.39 is 0 Å². The van der Waals surface area contributed by atoms with Crippen LogP contribution in [0.1, 0.15) is 39.7 Å². The van der Waals surface area contributed by atoms with Gasteiger partial charge in [-0.2, -0.15) is 0 Å². The largest absolute Gasteiger partial charge is 0.375 e. The van der Waals surface area contributed by atoms with Crippen molar-refractivity contribution in [2.75, 3.05) is 18.1 Å². The number of anilines is 1. The number of nitrogens with one attached hydrogen (secondary N) is 1. The molecule has 2 rings (SSSR count). The zero-order chi connectivity index (χ0) is 15.4. The molecule has 0 aliphatic carbocycles. The van der Waals surface area contributed by atoms with E-state index in [0.29, 0.717) is 18.2 Å². The molecule has 118 valence electrons. The summed E-state index contributed by atoms with van der Waals surface area (Å²) in [6.45, 7) is 11.4. The molecule has 2 unspecified atom stereocenters. The topological polar surface area (TPSA) is 24.5 Å². The van der Waals surface area contributed by atoms with Crippen molar-refractivity contribution in [3.8, 4) is 0 Å². The number of hydrogen-bond donors (Lipinski definition) is 1. The van der Waals surface area contributed by atoms with Crippen LogP contribution in [0.2, 0.25) is 0 Å². The van der Waals surface area contributed by atoms with E-state index in [1.807, 2.05) is 0 Å². The minimum absolute atomic E-state index is 0.294. The number of rotatable bonds is 5. The highest BCUT2D eigenvalue weighted by Gasteiger charge is 2.26. The van der Waals surface area contributed by atoms with Crippen LogP contribution < -0.4 is 10.2 Å². The highest BCUT2D eigenvalue weighted by molar-refractivity contribution is 9.10. The van der Waals surface area contributed by atoms with Gasteiger partial charge in [-0.3, -0.25) is 0 Å². The van der Waals surface area contributed by atoms with Crippen molar-refractivity contribution >= 4 is 21.6 Å². The van der Waals surface area contributed by atoms with Crippen LogP contribution in [-0.2, 0) is 11.3 Å². The van der Waals surface area contributed by atoms with Gasteiger partial charge >= 0.3 is 0 Å². The van der Waals surface area contributed by atoms with Crippen LogP contribution in [0.3, 0.4) is 0 Å². The zero-order valence-electron chi connectivity index (χ0n) is 13.5. The van der Waals surface area contributed by atoms with Crippen molar-refractivity contribution in [3.05, 3.63) is 28.2 Å². The van der Waals surface area contributed by atoms with Crippen LogP contribution in [0.5, 0.6) is 0 Å². The Bertz CT molecular complexity index is 464. The molecule has 0 bridgehead atoms. The van der Waals surface area contributed by atoms with Gasteiger partial charge in [0.25, 0.3) is 0 Å². The first-order valence-electron chi connectivity index (χ1n) is 7.91. The van der Waals surface area contributed by atoms with Crippen LogP contribution in [0.25, 0.3) is 0 Å². The quantitative estimate of drug-likeness (QED) is 0.866. The van der Waals surface area contributed by atoms with Gasteiger partial charge in [-0.15, -0.1) is 0 Å². The molecule has 1 saturated heterocycles. The summed E-state index contributed by atoms with van der Waals surface area (Å²) in [6, 6.07) is 7.67. The summed E-state index contributed by atoms with van der Waals surface area (Å²) >= 11 is 3.76. The molecule has 1 heterocycles. The first-order valence-corrected chi connectivity index (χ1v) is 8.70. The lowest BCUT2D eigenvalue weighted by atomic mass is 10.1. The second-order valence-electron chi connectivity index (χ2n) is 6.18. The highest BCUT2D eigenvalue weighted by Crippen LogP contribution is 2.31. The fourth-order valence-electron chi connectivity index (χ4n) is 2.69. The summed E-state index contributed by atoms with van der Waals surface area (Å²) in [4.78, 5) is 2.48. The molecule has 2 atom stereocenters. The lowest BCUT2D eigenvalue weighted by Gasteiger charge is -2.40. The molecule has 1 fully saturated rings. The molecule has 1 aromatic rings. The van der Waals surface area contributed by atoms with E-state index in [1.54, 1.807) is 0 Å². The van der Waals surface area contributed by atoms with Gasteiger partial charge in [0.15, 0.2) is 0 Å². The molecule has 21 heavy (non-hydrogen) atoms. The second kappa shape index (κ2) is 7.61. The van der Waals surface area contributed by atoms with Gasteiger partial charge in [0, 0.05) is 23.6 Å². The van der Waals surface area contributed by atoms with Gasteiger partial charge in [0.1, 0.15) is 0 Å². The Balaban J connectivity index is 2.15. The number of nitrogens with zero attached hydrogens (tertiary/aromatic N) is 1. The van der Waals surface area contributed by atoms with E-state index >= 15 is 0 Å². The summed E-state index contributed by atoms with van der Waals surface area (Å²) in [6.07, 6.45) is 1.40. The Morgan fingerprint density at radius 2 is 2.19 bits per heavy atom. The molecular formula is C17H27BrN2O. The van der Waals surface area contributed by atoms with E-state index in [-0.39, 0.29) is 0 Å². The van der Waals surface area contributed by atoms with Gasteiger partial charge in [-0.1, -0.05) is 26.8 Å². The van der Waals surface area contributed by atoms with Crippen LogP contribution in [-0.4, -0.2) is 31.3 Å². The minimum Gasteiger partial charge on any atom is -0.375 e. The fraction of sp³-hybridized carbons (Fsp3) is 0.647. The highest BCUT2D eigenvalue weighted by atomic mass is 79.9. The third-order valence-corrected chi connectivity index (χ3v) is 4.61. The van der Waals surface area contributed by atoms with Crippen LogP contribution in [0, 0.1) is 0 Å². The lowest BCUT2D eigenvalue weighted by Crippen LogP contribution is -2.48. The second-order valence-corrected chi connectivity index (χ2v) is 7.03. The fourth-order valence-corrected chi connectivity index (χ4v) is 3.35. The van der Waals surface area contributed by atoms with Crippen molar-refractivity contribution in [1.29, 1.82) is 0 Å². The monoisotopic (exact) mass is 354 g/mol. The molecule has 1 N–H and O–H groups in total. The van der Waals surface area contributed by atoms with Gasteiger partial charge in [0.05, 0.1) is 24.4 Å². The average molecular weight is 355 g/mol. The zero-order valence-corrected chi connectivity index (χ0v) is 15.1. The van der Waals surface area contributed by atoms with Gasteiger partial charge in [0.2, 0.25) is 0 Å². The predicted molar refractivity (Wildman–Crippen MR) is 93.0 cm³/mol. The summed E-state index contributed by atoms with van der Waals surface area (Å²) < 4.78 is 6.97. The van der Waals surface area contributed by atoms with Gasteiger partial charge < -0.3 is 15.0 Å². The van der Waals surface area contributed by atoms with E-state index in [9.17, 15) is 0 Å². The molecular weight excluding hydrogens is 328 g/mol. The number of ether oxygens (including phenoxy) is 1. The summed E-state index contributed by atoms with van der Waals surface area (Å²) in [7, 11) is 0. The maximum Gasteiger partial charge on any atom is 0.0723 e. The van der Waals surface area contributed by atoms with E-state index in [4.69, 9.17) is 4.74 Å². The van der Waals surface area contributed by atoms with Crippen molar-refractivity contribution < 1.29 is 4.74 Å². The average Bonchev–Trinajstić information content (AvgIpc) is 2.45. The molecule has 0 aromatic heterocycles. The van der Waals surface area contributed by atoms with Crippen LogP contribution >= 0.6 is 15.9 Å². The van der Waals surface area contributed by atoms with Crippen molar-refractivity contribution in [2.24, 2.45) is 0 Å². The smallest absolute Gasteiger partial charge is 0.0723 e. The number of halogens is 1. The van der Waals surface area contributed by atoms with E-state index in [1.165, 1.54) is 15.7 Å². The third-order valence-electron chi connectivity index (χ3n) is 3.97. The minimum atomic E-state index is 0.294. The Morgan fingerprint density at radius 1 is 1.43 bits per heavy atom. The van der Waals surface area contributed by atoms with Crippen molar-refractivity contribution in [2.45, 2.75) is 58.8 Å². The Labute approximate surface area is 137 Å². The predicted octanol–water partition coefficient (Wildman–Crippen LogP) is 3.95. The van der Waals surface area contributed by atoms with E-state index in [2.05, 4.69) is 72.0 Å². The number of morpholine rings is 1. The molecule has 1 aliphatic heterocycles. The van der Waals surface area contributed by atoms with Gasteiger partial charge in [-0.05, 0) is 47.0 Å². The van der Waals surface area contributed by atoms with Crippen molar-refractivity contribution in [1.82, 2.24) is 5.32 Å². The SMILES string of the molecule is CCC1COC(C)CN1c1ccc(CNC(C)C)cc1Br. The first-order chi connectivity index (χ1) is 10.0. The Hall–Kier alpha value is -0.580. The molecule has 1 aliphatic rings. The standard InChI is InChI=1S/C17H27BrN2O/c1-5-15-11-21-13(4)10-20(15)17-7-6-14(8-16(17)18)9-19-12(2)3/h6-8,12-13,15,19H,5,9-11H2,1-4H3. The molecule has 0 amide bonds. The number of hydrogen-bond acceptors (Lipinski definition) is 3. The summed E-state index contributed by atoms with van der Waals surface area (Å²) in [5.74, 6) is 0. The van der Waals surface area contributed by atoms with Gasteiger partial charge in [-0.25, -0.2) is 0 Å². The Morgan fingerprint density at radius 3 is 2.81 bits per heavy atom. The Kier molecular flexibility index (Phi) is 6.08. The third kappa shape index (κ3) is 4.44. The maximum absolute atomic E-state index is 5.79. The number of benzene rings is 1. The normalized spacial score (nSPS) is 22.9. The molecule has 3 nitrogen and oxygen atoms in total. The summed E-state index contributed by atoms with van der Waals surface area (Å²) in [5, 5.41) is 3.46. The lowest BCUT2D eigenvalue weighted by molar-refractivity contribution is 0.0299. The molecule has 0 spiro atoms. The molecule has 0 saturated carbocycles. The first kappa shape index (κ1) is 16.8. The molecule has 1 aromatic carbocycles. The van der Waals surface area contributed by atoms with Crippen molar-refractivity contribution in [3.63, 3.8) is 0 Å². The van der Waals surface area contributed by atoms with E-state index in [0.717, 1.165) is 26.1 Å². The van der Waals surface area contributed by atoms with Crippen LogP contribution in [0.15, 0.2) is 22.7 Å². The molecule has 4 heteroatoms.